The smallest absolute Gasteiger partial charge is 0.0897 e. The van der Waals surface area contributed by atoms with E-state index in [0.29, 0.717) is 6.04 Å². The number of thiazole rings is 1. The van der Waals surface area contributed by atoms with E-state index in [1.165, 1.54) is 37.1 Å². The molecule has 0 amide bonds. The molecule has 4 heteroatoms. The fourth-order valence-corrected chi connectivity index (χ4v) is 3.14. The zero-order valence-corrected chi connectivity index (χ0v) is 11.6. The first-order valence-electron chi connectivity index (χ1n) is 6.62. The maximum atomic E-state index is 4.28. The summed E-state index contributed by atoms with van der Waals surface area (Å²) in [6, 6.07) is 1.29. The SMILES string of the molecule is Cc1ncc(CNC(C)CC2CCCCN2)s1. The number of hydrogen-bond donors (Lipinski definition) is 2. The number of rotatable bonds is 5. The first-order valence-corrected chi connectivity index (χ1v) is 7.44. The molecular weight excluding hydrogens is 230 g/mol. The van der Waals surface area contributed by atoms with Gasteiger partial charge in [-0.05, 0) is 39.7 Å². The molecule has 2 unspecified atom stereocenters. The van der Waals surface area contributed by atoms with Gasteiger partial charge in [-0.1, -0.05) is 6.42 Å². The highest BCUT2D eigenvalue weighted by molar-refractivity contribution is 7.11. The molecule has 0 radical (unpaired) electrons. The molecule has 2 rings (SSSR count). The van der Waals surface area contributed by atoms with Crippen molar-refractivity contribution in [3.05, 3.63) is 16.1 Å². The molecule has 17 heavy (non-hydrogen) atoms. The van der Waals surface area contributed by atoms with Crippen LogP contribution < -0.4 is 10.6 Å². The van der Waals surface area contributed by atoms with Crippen LogP contribution in [0.25, 0.3) is 0 Å². The zero-order valence-electron chi connectivity index (χ0n) is 10.8. The lowest BCUT2D eigenvalue weighted by Crippen LogP contribution is -2.39. The molecule has 0 bridgehead atoms. The lowest BCUT2D eigenvalue weighted by atomic mass is 9.99. The lowest BCUT2D eigenvalue weighted by molar-refractivity contribution is 0.345. The van der Waals surface area contributed by atoms with Crippen molar-refractivity contribution in [1.29, 1.82) is 0 Å². The van der Waals surface area contributed by atoms with Crippen LogP contribution in [0.1, 0.15) is 42.5 Å². The van der Waals surface area contributed by atoms with Crippen molar-refractivity contribution in [2.45, 2.75) is 58.2 Å². The van der Waals surface area contributed by atoms with E-state index in [1.807, 2.05) is 6.20 Å². The Morgan fingerprint density at radius 2 is 2.47 bits per heavy atom. The van der Waals surface area contributed by atoms with Crippen molar-refractivity contribution < 1.29 is 0 Å². The summed E-state index contributed by atoms with van der Waals surface area (Å²) in [4.78, 5) is 5.62. The summed E-state index contributed by atoms with van der Waals surface area (Å²) in [5, 5.41) is 8.35. The summed E-state index contributed by atoms with van der Waals surface area (Å²) in [5.74, 6) is 0. The molecule has 2 N–H and O–H groups in total. The van der Waals surface area contributed by atoms with E-state index in [9.17, 15) is 0 Å². The van der Waals surface area contributed by atoms with Crippen molar-refractivity contribution in [2.24, 2.45) is 0 Å². The Bertz CT molecular complexity index is 331. The molecule has 96 valence electrons. The molecule has 1 aromatic heterocycles. The Balaban J connectivity index is 1.68. The van der Waals surface area contributed by atoms with Crippen LogP contribution >= 0.6 is 11.3 Å². The van der Waals surface area contributed by atoms with Crippen molar-refractivity contribution in [2.75, 3.05) is 6.54 Å². The Morgan fingerprint density at radius 3 is 3.12 bits per heavy atom. The highest BCUT2D eigenvalue weighted by atomic mass is 32.1. The monoisotopic (exact) mass is 253 g/mol. The van der Waals surface area contributed by atoms with E-state index >= 15 is 0 Å². The minimum atomic E-state index is 0.577. The molecular formula is C13H23N3S. The summed E-state index contributed by atoms with van der Waals surface area (Å²) >= 11 is 1.79. The number of piperidine rings is 1. The average molecular weight is 253 g/mol. The minimum absolute atomic E-state index is 0.577. The van der Waals surface area contributed by atoms with Crippen LogP contribution in [0.5, 0.6) is 0 Å². The highest BCUT2D eigenvalue weighted by Gasteiger charge is 2.15. The van der Waals surface area contributed by atoms with Gasteiger partial charge >= 0.3 is 0 Å². The predicted molar refractivity (Wildman–Crippen MR) is 73.4 cm³/mol. The zero-order chi connectivity index (χ0) is 12.1. The second-order valence-corrected chi connectivity index (χ2v) is 6.33. The van der Waals surface area contributed by atoms with Crippen LogP contribution in [0.2, 0.25) is 0 Å². The van der Waals surface area contributed by atoms with Gasteiger partial charge in [-0.2, -0.15) is 0 Å². The van der Waals surface area contributed by atoms with Crippen molar-refractivity contribution >= 4 is 11.3 Å². The average Bonchev–Trinajstić information content (AvgIpc) is 2.74. The van der Waals surface area contributed by atoms with Gasteiger partial charge < -0.3 is 10.6 Å². The van der Waals surface area contributed by atoms with Gasteiger partial charge in [-0.3, -0.25) is 0 Å². The van der Waals surface area contributed by atoms with Crippen molar-refractivity contribution in [3.63, 3.8) is 0 Å². The van der Waals surface area contributed by atoms with Gasteiger partial charge in [0.1, 0.15) is 0 Å². The van der Waals surface area contributed by atoms with Crippen LogP contribution in [0.15, 0.2) is 6.20 Å². The number of nitrogens with zero attached hydrogens (tertiary/aromatic N) is 1. The van der Waals surface area contributed by atoms with Crippen LogP contribution in [-0.4, -0.2) is 23.6 Å². The second-order valence-electron chi connectivity index (χ2n) is 5.01. The molecule has 1 saturated heterocycles. The second kappa shape index (κ2) is 6.47. The standard InChI is InChI=1S/C13H23N3S/c1-10(7-12-5-3-4-6-14-12)15-8-13-9-16-11(2)17-13/h9-10,12,14-15H,3-8H2,1-2H3. The molecule has 1 aliphatic rings. The maximum absolute atomic E-state index is 4.28. The number of hydrogen-bond acceptors (Lipinski definition) is 4. The van der Waals surface area contributed by atoms with E-state index in [-0.39, 0.29) is 0 Å². The van der Waals surface area contributed by atoms with Gasteiger partial charge in [0.2, 0.25) is 0 Å². The predicted octanol–water partition coefficient (Wildman–Crippen LogP) is 2.46. The summed E-state index contributed by atoms with van der Waals surface area (Å²) in [7, 11) is 0. The summed E-state index contributed by atoms with van der Waals surface area (Å²) < 4.78 is 0. The van der Waals surface area contributed by atoms with Crippen molar-refractivity contribution in [3.8, 4) is 0 Å². The highest BCUT2D eigenvalue weighted by Crippen LogP contribution is 2.14. The molecule has 1 aromatic rings. The summed E-state index contributed by atoms with van der Waals surface area (Å²) in [6.07, 6.45) is 7.29. The third kappa shape index (κ3) is 4.37. The molecule has 3 nitrogen and oxygen atoms in total. The van der Waals surface area contributed by atoms with Crippen molar-refractivity contribution in [1.82, 2.24) is 15.6 Å². The Morgan fingerprint density at radius 1 is 1.59 bits per heavy atom. The number of aryl methyl sites for hydroxylation is 1. The van der Waals surface area contributed by atoms with E-state index in [1.54, 1.807) is 11.3 Å². The third-order valence-corrected chi connectivity index (χ3v) is 4.26. The van der Waals surface area contributed by atoms with Gasteiger partial charge in [0, 0.05) is 29.7 Å². The molecule has 2 heterocycles. The molecule has 0 aromatic carbocycles. The number of nitrogens with one attached hydrogen (secondary N) is 2. The molecule has 0 saturated carbocycles. The van der Waals surface area contributed by atoms with Crippen LogP contribution in [-0.2, 0) is 6.54 Å². The lowest BCUT2D eigenvalue weighted by Gasteiger charge is -2.26. The largest absolute Gasteiger partial charge is 0.314 e. The fourth-order valence-electron chi connectivity index (χ4n) is 2.40. The van der Waals surface area contributed by atoms with Crippen LogP contribution in [0.3, 0.4) is 0 Å². The Kier molecular flexibility index (Phi) is 4.95. The summed E-state index contributed by atoms with van der Waals surface area (Å²) in [5.41, 5.74) is 0. The first kappa shape index (κ1) is 13.0. The van der Waals surface area contributed by atoms with Crippen LogP contribution in [0.4, 0.5) is 0 Å². The quantitative estimate of drug-likeness (QED) is 0.846. The molecule has 2 atom stereocenters. The normalized spacial score (nSPS) is 22.6. The topological polar surface area (TPSA) is 37.0 Å². The molecule has 0 aliphatic carbocycles. The maximum Gasteiger partial charge on any atom is 0.0897 e. The van der Waals surface area contributed by atoms with Gasteiger partial charge in [0.15, 0.2) is 0 Å². The molecule has 1 aliphatic heterocycles. The molecule has 1 fully saturated rings. The van der Waals surface area contributed by atoms with E-state index in [4.69, 9.17) is 0 Å². The third-order valence-electron chi connectivity index (χ3n) is 3.34. The first-order chi connectivity index (χ1) is 8.24. The van der Waals surface area contributed by atoms with Gasteiger partial charge in [0.25, 0.3) is 0 Å². The van der Waals surface area contributed by atoms with Gasteiger partial charge in [-0.25, -0.2) is 4.98 Å². The van der Waals surface area contributed by atoms with Gasteiger partial charge in [0.05, 0.1) is 5.01 Å². The fraction of sp³-hybridized carbons (Fsp3) is 0.769. The minimum Gasteiger partial charge on any atom is -0.314 e. The van der Waals surface area contributed by atoms with Crippen LogP contribution in [0, 0.1) is 6.92 Å². The van der Waals surface area contributed by atoms with E-state index < -0.39 is 0 Å². The molecule has 0 spiro atoms. The Labute approximate surface area is 108 Å². The number of aromatic nitrogens is 1. The van der Waals surface area contributed by atoms with E-state index in [2.05, 4.69) is 29.5 Å². The van der Waals surface area contributed by atoms with Gasteiger partial charge in [-0.15, -0.1) is 11.3 Å². The van der Waals surface area contributed by atoms with E-state index in [0.717, 1.165) is 17.6 Å². The Hall–Kier alpha value is -0.450. The summed E-state index contributed by atoms with van der Waals surface area (Å²) in [6.45, 7) is 6.50.